The summed E-state index contributed by atoms with van der Waals surface area (Å²) in [5, 5.41) is 9.98. The van der Waals surface area contributed by atoms with Crippen LogP contribution in [0.1, 0.15) is 65.3 Å². The third kappa shape index (κ3) is 5.88. The Hall–Kier alpha value is -4.98. The number of anilines is 1. The molecule has 7 rings (SSSR count). The molecule has 14 heteroatoms. The highest BCUT2D eigenvalue weighted by molar-refractivity contribution is 9.10. The molecule has 0 spiro atoms. The number of fused-ring (bicyclic) bond motifs is 2. The number of imide groups is 2. The van der Waals surface area contributed by atoms with E-state index in [1.165, 1.54) is 0 Å². The molecule has 1 atom stereocenters. The first-order chi connectivity index (χ1) is 22.8. The van der Waals surface area contributed by atoms with Crippen LogP contribution in [0.3, 0.4) is 0 Å². The number of hydrogen-bond acceptors (Lipinski definition) is 9. The predicted molar refractivity (Wildman–Crippen MR) is 174 cm³/mol. The lowest BCUT2D eigenvalue weighted by Gasteiger charge is -2.39. The van der Waals surface area contributed by atoms with E-state index in [-0.39, 0.29) is 35.9 Å². The average Bonchev–Trinajstić information content (AvgIpc) is 3.61. The van der Waals surface area contributed by atoms with Gasteiger partial charge in [-0.25, -0.2) is 4.98 Å². The van der Waals surface area contributed by atoms with Crippen molar-refractivity contribution in [1.82, 2.24) is 34.9 Å². The van der Waals surface area contributed by atoms with E-state index in [2.05, 4.69) is 36.6 Å². The largest absolute Gasteiger partial charge is 0.384 e. The Kier molecular flexibility index (Phi) is 8.26. The fourth-order valence-corrected chi connectivity index (χ4v) is 6.70. The van der Waals surface area contributed by atoms with E-state index in [1.807, 2.05) is 34.0 Å². The monoisotopic (exact) mass is 698 g/mol. The quantitative estimate of drug-likeness (QED) is 0.186. The van der Waals surface area contributed by atoms with Gasteiger partial charge < -0.3 is 10.2 Å². The molecule has 0 bridgehead atoms. The first kappa shape index (κ1) is 30.7. The zero-order chi connectivity index (χ0) is 32.7. The summed E-state index contributed by atoms with van der Waals surface area (Å²) in [6.45, 7) is 1.77. The first-order valence-corrected chi connectivity index (χ1v) is 16.4. The number of likely N-dealkylation sites (tertiary alicyclic amines) is 1. The molecule has 1 unspecified atom stereocenters. The number of nitrogens with one attached hydrogen (secondary N) is 2. The molecule has 3 aliphatic heterocycles. The Morgan fingerprint density at radius 1 is 1.00 bits per heavy atom. The van der Waals surface area contributed by atoms with Crippen LogP contribution in [0.5, 0.6) is 0 Å². The summed E-state index contributed by atoms with van der Waals surface area (Å²) in [7, 11) is 0. The number of para-hydroxylation sites is 1. The van der Waals surface area contributed by atoms with Crippen molar-refractivity contribution in [3.63, 3.8) is 0 Å². The topological polar surface area (TPSA) is 159 Å². The van der Waals surface area contributed by atoms with E-state index in [0.717, 1.165) is 50.9 Å². The minimum absolute atomic E-state index is 0.0717. The summed E-state index contributed by atoms with van der Waals surface area (Å²) in [6.07, 6.45) is 8.41. The highest BCUT2D eigenvalue weighted by Gasteiger charge is 2.45. The van der Waals surface area contributed by atoms with Gasteiger partial charge in [0.05, 0.1) is 40.8 Å². The number of carbonyl (C=O) groups excluding carboxylic acids is 5. The second-order valence-electron chi connectivity index (χ2n) is 11.9. The summed E-state index contributed by atoms with van der Waals surface area (Å²) >= 11 is 3.54. The molecule has 2 N–H and O–H groups in total. The van der Waals surface area contributed by atoms with Crippen LogP contribution < -0.4 is 10.6 Å². The van der Waals surface area contributed by atoms with Gasteiger partial charge in [0.1, 0.15) is 11.6 Å². The highest BCUT2D eigenvalue weighted by Crippen LogP contribution is 2.33. The molecule has 13 nitrogen and oxygen atoms in total. The van der Waals surface area contributed by atoms with E-state index >= 15 is 0 Å². The van der Waals surface area contributed by atoms with Crippen molar-refractivity contribution < 1.29 is 24.0 Å². The lowest BCUT2D eigenvalue weighted by molar-refractivity contribution is -0.137. The van der Waals surface area contributed by atoms with Crippen LogP contribution in [-0.2, 0) is 14.4 Å². The van der Waals surface area contributed by atoms with Crippen molar-refractivity contribution in [2.75, 3.05) is 25.0 Å². The number of halogens is 1. The molecule has 2 fully saturated rings. The zero-order valence-electron chi connectivity index (χ0n) is 25.3. The van der Waals surface area contributed by atoms with Crippen molar-refractivity contribution in [1.29, 1.82) is 0 Å². The fraction of sp³-hybridized carbons (Fsp3) is 0.333. The van der Waals surface area contributed by atoms with Gasteiger partial charge >= 0.3 is 0 Å². The molecule has 47 heavy (non-hydrogen) atoms. The van der Waals surface area contributed by atoms with Gasteiger partial charge in [-0.15, -0.1) is 0 Å². The number of nitrogens with zero attached hydrogens (tertiary/aromatic N) is 6. The maximum Gasteiger partial charge on any atom is 0.264 e. The summed E-state index contributed by atoms with van der Waals surface area (Å²) in [5.41, 5.74) is 4.23. The number of unbranched alkanes of at least 4 members (excludes halogenated alkanes) is 2. The fourth-order valence-electron chi connectivity index (χ4n) is 6.26. The molecule has 5 heterocycles. The van der Waals surface area contributed by atoms with Gasteiger partial charge in [0.25, 0.3) is 11.8 Å². The molecular weight excluding hydrogens is 668 g/mol. The number of hydrogen-bond donors (Lipinski definition) is 2. The lowest BCUT2D eigenvalue weighted by atomic mass is 10.0. The molecule has 4 aromatic rings. The third-order valence-electron chi connectivity index (χ3n) is 8.86. The van der Waals surface area contributed by atoms with Crippen molar-refractivity contribution in [2.45, 2.75) is 50.6 Å². The Balaban J connectivity index is 0.851. The molecule has 2 aromatic carbocycles. The van der Waals surface area contributed by atoms with Crippen LogP contribution >= 0.6 is 15.9 Å². The minimum Gasteiger partial charge on any atom is -0.384 e. The molecule has 0 radical (unpaired) electrons. The van der Waals surface area contributed by atoms with Gasteiger partial charge in [0, 0.05) is 54.4 Å². The molecule has 0 saturated carbocycles. The van der Waals surface area contributed by atoms with Gasteiger partial charge in [-0.3, -0.25) is 43.9 Å². The molecule has 0 aliphatic carbocycles. The second kappa shape index (κ2) is 12.7. The number of piperidine rings is 1. The normalized spacial score (nSPS) is 18.0. The second-order valence-corrected chi connectivity index (χ2v) is 12.8. The first-order valence-electron chi connectivity index (χ1n) is 15.6. The smallest absolute Gasteiger partial charge is 0.264 e. The highest BCUT2D eigenvalue weighted by atomic mass is 79.9. The SMILES string of the molecule is O=C1CCC(N2C(=O)c3cccc(NCCCCCC(=O)N4CC(n5cc(-c6cnc7cccc(Br)c7n6)cn5)C4)c3C2=O)C(=O)N1. The molecule has 5 amide bonds. The number of benzene rings is 2. The summed E-state index contributed by atoms with van der Waals surface area (Å²) in [5.74, 6) is -2.00. The summed E-state index contributed by atoms with van der Waals surface area (Å²) in [4.78, 5) is 75.0. The molecule has 2 saturated heterocycles. The molecular formula is C33H31BrN8O5. The average molecular weight is 700 g/mol. The number of amides is 5. The van der Waals surface area contributed by atoms with Crippen molar-refractivity contribution in [3.8, 4) is 11.3 Å². The summed E-state index contributed by atoms with van der Waals surface area (Å²) in [6, 6.07) is 9.89. The lowest BCUT2D eigenvalue weighted by Crippen LogP contribution is -2.54. The Bertz CT molecular complexity index is 1940. The Morgan fingerprint density at radius 2 is 1.83 bits per heavy atom. The molecule has 3 aliphatic rings. The van der Waals surface area contributed by atoms with Gasteiger partial charge in [-0.05, 0) is 59.5 Å². The van der Waals surface area contributed by atoms with E-state index < -0.39 is 29.7 Å². The Morgan fingerprint density at radius 3 is 2.66 bits per heavy atom. The van der Waals surface area contributed by atoms with Gasteiger partial charge in [-0.1, -0.05) is 18.6 Å². The standard InChI is InChI=1S/C33H31BrN8O5/c34-22-7-5-9-24-30(22)38-25(15-36-24)19-14-37-41(16-19)20-17-40(18-20)28(44)10-2-1-3-13-35-23-8-4-6-21-29(23)33(47)42(32(21)46)26-11-12-27(43)39-31(26)45/h4-9,14-16,20,26,35H,1-3,10-13,17-18H2,(H,39,43,45). The van der Waals surface area contributed by atoms with Crippen LogP contribution in [0, 0.1) is 0 Å². The minimum atomic E-state index is -1.00. The van der Waals surface area contributed by atoms with Crippen LogP contribution in [-0.4, -0.2) is 84.8 Å². The maximum absolute atomic E-state index is 13.2. The predicted octanol–water partition coefficient (Wildman–Crippen LogP) is 3.71. The third-order valence-corrected chi connectivity index (χ3v) is 9.50. The van der Waals surface area contributed by atoms with Gasteiger partial charge in [0.2, 0.25) is 17.7 Å². The number of carbonyl (C=O) groups is 5. The van der Waals surface area contributed by atoms with Crippen molar-refractivity contribution in [3.05, 3.63) is 70.6 Å². The Labute approximate surface area is 277 Å². The van der Waals surface area contributed by atoms with E-state index in [4.69, 9.17) is 4.98 Å². The van der Waals surface area contributed by atoms with Crippen LogP contribution in [0.2, 0.25) is 0 Å². The number of aromatic nitrogens is 4. The molecule has 2 aromatic heterocycles. The van der Waals surface area contributed by atoms with E-state index in [1.54, 1.807) is 30.6 Å². The summed E-state index contributed by atoms with van der Waals surface area (Å²) < 4.78 is 2.77. The maximum atomic E-state index is 13.2. The van der Waals surface area contributed by atoms with Gasteiger partial charge in [-0.2, -0.15) is 5.10 Å². The number of rotatable bonds is 10. The van der Waals surface area contributed by atoms with Crippen LogP contribution in [0.25, 0.3) is 22.3 Å². The van der Waals surface area contributed by atoms with E-state index in [9.17, 15) is 24.0 Å². The van der Waals surface area contributed by atoms with Crippen molar-refractivity contribution >= 4 is 62.2 Å². The van der Waals surface area contributed by atoms with Crippen molar-refractivity contribution in [2.24, 2.45) is 0 Å². The zero-order valence-corrected chi connectivity index (χ0v) is 26.9. The van der Waals surface area contributed by atoms with Gasteiger partial charge in [0.15, 0.2) is 0 Å². The molecule has 240 valence electrons. The van der Waals surface area contributed by atoms with Crippen LogP contribution in [0.15, 0.2) is 59.5 Å². The van der Waals surface area contributed by atoms with Crippen LogP contribution in [0.4, 0.5) is 5.69 Å². The van der Waals surface area contributed by atoms with E-state index in [0.29, 0.717) is 31.7 Å².